The molecular formula is C14H11BrClFO. The lowest BCUT2D eigenvalue weighted by molar-refractivity contribution is 0.297. The Morgan fingerprint density at radius 3 is 2.67 bits per heavy atom. The van der Waals surface area contributed by atoms with E-state index in [4.69, 9.17) is 16.3 Å². The van der Waals surface area contributed by atoms with Crippen LogP contribution in [0.2, 0.25) is 0 Å². The summed E-state index contributed by atoms with van der Waals surface area (Å²) in [7, 11) is 0. The average Bonchev–Trinajstić information content (AvgIpc) is 2.40. The van der Waals surface area contributed by atoms with E-state index in [9.17, 15) is 4.39 Å². The van der Waals surface area contributed by atoms with Gasteiger partial charge in [0.15, 0.2) is 0 Å². The van der Waals surface area contributed by atoms with Gasteiger partial charge in [-0.15, -0.1) is 11.6 Å². The SMILES string of the molecule is Fc1ccc(Br)cc1COc1ccccc1CCl. The van der Waals surface area contributed by atoms with Crippen LogP contribution >= 0.6 is 27.5 Å². The molecule has 0 fully saturated rings. The molecular weight excluding hydrogens is 319 g/mol. The summed E-state index contributed by atoms with van der Waals surface area (Å²) in [6, 6.07) is 12.3. The molecule has 0 aliphatic carbocycles. The summed E-state index contributed by atoms with van der Waals surface area (Å²) < 4.78 is 20.0. The lowest BCUT2D eigenvalue weighted by atomic mass is 10.2. The Bertz CT molecular complexity index is 545. The van der Waals surface area contributed by atoms with Gasteiger partial charge in [0.1, 0.15) is 18.2 Å². The topological polar surface area (TPSA) is 9.23 Å². The Labute approximate surface area is 119 Å². The van der Waals surface area contributed by atoms with Gasteiger partial charge in [-0.25, -0.2) is 4.39 Å². The third-order valence-corrected chi connectivity index (χ3v) is 3.29. The van der Waals surface area contributed by atoms with Gasteiger partial charge in [0.2, 0.25) is 0 Å². The van der Waals surface area contributed by atoms with Crippen LogP contribution in [-0.2, 0) is 12.5 Å². The second kappa shape index (κ2) is 6.21. The van der Waals surface area contributed by atoms with Gasteiger partial charge in [-0.2, -0.15) is 0 Å². The molecule has 18 heavy (non-hydrogen) atoms. The van der Waals surface area contributed by atoms with Crippen molar-refractivity contribution in [3.63, 3.8) is 0 Å². The molecule has 4 heteroatoms. The Kier molecular flexibility index (Phi) is 4.61. The quantitative estimate of drug-likeness (QED) is 0.725. The molecule has 0 atom stereocenters. The van der Waals surface area contributed by atoms with E-state index in [1.54, 1.807) is 12.1 Å². The molecule has 0 radical (unpaired) electrons. The van der Waals surface area contributed by atoms with Crippen LogP contribution in [0.3, 0.4) is 0 Å². The molecule has 0 N–H and O–H groups in total. The third kappa shape index (κ3) is 3.24. The molecule has 2 rings (SSSR count). The maximum absolute atomic E-state index is 13.5. The summed E-state index contributed by atoms with van der Waals surface area (Å²) in [4.78, 5) is 0. The number of para-hydroxylation sites is 1. The lowest BCUT2D eigenvalue weighted by Gasteiger charge is -2.10. The summed E-state index contributed by atoms with van der Waals surface area (Å²) in [6.45, 7) is 0.180. The molecule has 2 aromatic carbocycles. The third-order valence-electron chi connectivity index (χ3n) is 2.51. The summed E-state index contributed by atoms with van der Waals surface area (Å²) >= 11 is 9.12. The van der Waals surface area contributed by atoms with Crippen molar-refractivity contribution in [2.24, 2.45) is 0 Å². The van der Waals surface area contributed by atoms with Crippen molar-refractivity contribution < 1.29 is 9.13 Å². The highest BCUT2D eigenvalue weighted by Gasteiger charge is 2.06. The largest absolute Gasteiger partial charge is 0.488 e. The van der Waals surface area contributed by atoms with Gasteiger partial charge in [-0.1, -0.05) is 34.1 Å². The Balaban J connectivity index is 2.14. The minimum Gasteiger partial charge on any atom is -0.488 e. The maximum atomic E-state index is 13.5. The van der Waals surface area contributed by atoms with Crippen molar-refractivity contribution in [2.45, 2.75) is 12.5 Å². The molecule has 0 heterocycles. The Morgan fingerprint density at radius 1 is 1.11 bits per heavy atom. The first-order valence-electron chi connectivity index (χ1n) is 5.41. The van der Waals surface area contributed by atoms with Crippen LogP contribution in [0.4, 0.5) is 4.39 Å². The molecule has 0 aliphatic rings. The normalized spacial score (nSPS) is 10.4. The zero-order valence-electron chi connectivity index (χ0n) is 9.50. The predicted molar refractivity (Wildman–Crippen MR) is 74.4 cm³/mol. The van der Waals surface area contributed by atoms with Crippen LogP contribution in [0.1, 0.15) is 11.1 Å². The number of alkyl halides is 1. The number of halogens is 3. The van der Waals surface area contributed by atoms with Gasteiger partial charge >= 0.3 is 0 Å². The standard InChI is InChI=1S/C14H11BrClFO/c15-12-5-6-13(17)11(7-12)9-18-14-4-2-1-3-10(14)8-16/h1-7H,8-9H2. The fraction of sp³-hybridized carbons (Fsp3) is 0.143. The van der Waals surface area contributed by atoms with E-state index in [-0.39, 0.29) is 12.4 Å². The predicted octanol–water partition coefficient (Wildman–Crippen LogP) is 4.91. The van der Waals surface area contributed by atoms with E-state index < -0.39 is 0 Å². The molecule has 0 spiro atoms. The van der Waals surface area contributed by atoms with Crippen LogP contribution in [0, 0.1) is 5.82 Å². The number of hydrogen-bond donors (Lipinski definition) is 0. The number of rotatable bonds is 4. The van der Waals surface area contributed by atoms with Gasteiger partial charge in [-0.05, 0) is 24.3 Å². The van der Waals surface area contributed by atoms with Gasteiger partial charge in [0, 0.05) is 15.6 Å². The second-order valence-corrected chi connectivity index (χ2v) is 4.95. The summed E-state index contributed by atoms with van der Waals surface area (Å²) in [5.41, 5.74) is 1.41. The van der Waals surface area contributed by atoms with Gasteiger partial charge in [0.25, 0.3) is 0 Å². The average molecular weight is 330 g/mol. The maximum Gasteiger partial charge on any atom is 0.129 e. The van der Waals surface area contributed by atoms with Crippen LogP contribution in [-0.4, -0.2) is 0 Å². The van der Waals surface area contributed by atoms with Crippen molar-refractivity contribution in [3.05, 3.63) is 63.9 Å². The fourth-order valence-corrected chi connectivity index (χ4v) is 2.19. The zero-order valence-corrected chi connectivity index (χ0v) is 11.8. The molecule has 0 saturated heterocycles. The van der Waals surface area contributed by atoms with E-state index in [1.165, 1.54) is 6.07 Å². The molecule has 0 aliphatic heterocycles. The van der Waals surface area contributed by atoms with E-state index in [1.807, 2.05) is 24.3 Å². The van der Waals surface area contributed by atoms with E-state index in [0.717, 1.165) is 10.0 Å². The number of hydrogen-bond acceptors (Lipinski definition) is 1. The number of benzene rings is 2. The lowest BCUT2D eigenvalue weighted by Crippen LogP contribution is -2.00. The molecule has 1 nitrogen and oxygen atoms in total. The molecule has 0 unspecified atom stereocenters. The highest BCUT2D eigenvalue weighted by atomic mass is 79.9. The minimum absolute atomic E-state index is 0.180. The van der Waals surface area contributed by atoms with Crippen molar-refractivity contribution in [3.8, 4) is 5.75 Å². The molecule has 0 saturated carbocycles. The van der Waals surface area contributed by atoms with E-state index in [0.29, 0.717) is 17.2 Å². The van der Waals surface area contributed by atoms with Crippen LogP contribution in [0.25, 0.3) is 0 Å². The monoisotopic (exact) mass is 328 g/mol. The van der Waals surface area contributed by atoms with Crippen molar-refractivity contribution >= 4 is 27.5 Å². The van der Waals surface area contributed by atoms with E-state index >= 15 is 0 Å². The van der Waals surface area contributed by atoms with Gasteiger partial charge in [0.05, 0.1) is 5.88 Å². The molecule has 0 aromatic heterocycles. The molecule has 0 bridgehead atoms. The first kappa shape index (κ1) is 13.4. The van der Waals surface area contributed by atoms with Crippen molar-refractivity contribution in [2.75, 3.05) is 0 Å². The second-order valence-electron chi connectivity index (χ2n) is 3.77. The summed E-state index contributed by atoms with van der Waals surface area (Å²) in [5, 5.41) is 0. The van der Waals surface area contributed by atoms with Gasteiger partial charge in [-0.3, -0.25) is 0 Å². The molecule has 94 valence electrons. The Morgan fingerprint density at radius 2 is 1.89 bits per heavy atom. The molecule has 2 aromatic rings. The Hall–Kier alpha value is -1.06. The highest BCUT2D eigenvalue weighted by Crippen LogP contribution is 2.22. The van der Waals surface area contributed by atoms with Crippen LogP contribution in [0.15, 0.2) is 46.9 Å². The van der Waals surface area contributed by atoms with Crippen molar-refractivity contribution in [1.82, 2.24) is 0 Å². The van der Waals surface area contributed by atoms with Crippen LogP contribution in [0.5, 0.6) is 5.75 Å². The first-order chi connectivity index (χ1) is 8.70. The fourth-order valence-electron chi connectivity index (χ4n) is 1.56. The zero-order chi connectivity index (χ0) is 13.0. The molecule has 0 amide bonds. The van der Waals surface area contributed by atoms with Crippen LogP contribution < -0.4 is 4.74 Å². The summed E-state index contributed by atoms with van der Waals surface area (Å²) in [6.07, 6.45) is 0. The highest BCUT2D eigenvalue weighted by molar-refractivity contribution is 9.10. The first-order valence-corrected chi connectivity index (χ1v) is 6.74. The summed E-state index contributed by atoms with van der Waals surface area (Å²) in [5.74, 6) is 0.783. The van der Waals surface area contributed by atoms with E-state index in [2.05, 4.69) is 15.9 Å². The smallest absolute Gasteiger partial charge is 0.129 e. The van der Waals surface area contributed by atoms with Crippen molar-refractivity contribution in [1.29, 1.82) is 0 Å². The minimum atomic E-state index is -0.276. The van der Waals surface area contributed by atoms with Gasteiger partial charge < -0.3 is 4.74 Å². The number of ether oxygens (including phenoxy) is 1.